The molecule has 3 rings (SSSR count). The Balaban J connectivity index is 1.70. The molecule has 1 aromatic heterocycles. The highest BCUT2D eigenvalue weighted by Gasteiger charge is 2.15. The Morgan fingerprint density at radius 1 is 1.18 bits per heavy atom. The molecule has 0 atom stereocenters. The summed E-state index contributed by atoms with van der Waals surface area (Å²) in [5.74, 6) is 0.921. The molecule has 0 aliphatic heterocycles. The summed E-state index contributed by atoms with van der Waals surface area (Å²) in [4.78, 5) is 12.4. The predicted molar refractivity (Wildman–Crippen MR) is 119 cm³/mol. The highest BCUT2D eigenvalue weighted by atomic mass is 79.9. The zero-order valence-electron chi connectivity index (χ0n) is 15.8. The minimum atomic E-state index is -0.0901. The molecule has 3 aromatic rings. The summed E-state index contributed by atoms with van der Waals surface area (Å²) >= 11 is 10.8. The van der Waals surface area contributed by atoms with Gasteiger partial charge in [0.05, 0.1) is 11.4 Å². The van der Waals surface area contributed by atoms with Crippen LogP contribution in [0.15, 0.2) is 46.0 Å². The van der Waals surface area contributed by atoms with E-state index >= 15 is 0 Å². The van der Waals surface area contributed by atoms with Gasteiger partial charge in [0.15, 0.2) is 11.0 Å². The van der Waals surface area contributed by atoms with Crippen LogP contribution in [0.4, 0.5) is 5.69 Å². The highest BCUT2D eigenvalue weighted by molar-refractivity contribution is 9.10. The van der Waals surface area contributed by atoms with Crippen molar-refractivity contribution in [3.05, 3.63) is 57.0 Å². The van der Waals surface area contributed by atoms with Gasteiger partial charge in [0.2, 0.25) is 5.91 Å². The smallest absolute Gasteiger partial charge is 0.234 e. The van der Waals surface area contributed by atoms with Crippen LogP contribution in [-0.2, 0) is 11.3 Å². The van der Waals surface area contributed by atoms with Gasteiger partial charge in [0, 0.05) is 21.6 Å². The fraction of sp³-hybridized carbons (Fsp3) is 0.250. The zero-order chi connectivity index (χ0) is 20.3. The van der Waals surface area contributed by atoms with Gasteiger partial charge in [-0.05, 0) is 84.2 Å². The summed E-state index contributed by atoms with van der Waals surface area (Å²) in [5, 5.41) is 12.9. The van der Waals surface area contributed by atoms with Crippen molar-refractivity contribution in [3.63, 3.8) is 0 Å². The van der Waals surface area contributed by atoms with Crippen molar-refractivity contribution in [2.24, 2.45) is 0 Å². The first-order valence-corrected chi connectivity index (χ1v) is 10.9. The Morgan fingerprint density at radius 2 is 1.86 bits per heavy atom. The minimum Gasteiger partial charge on any atom is -0.324 e. The van der Waals surface area contributed by atoms with E-state index in [1.165, 1.54) is 17.3 Å². The quantitative estimate of drug-likeness (QED) is 0.459. The van der Waals surface area contributed by atoms with Crippen LogP contribution >= 0.6 is 39.3 Å². The molecule has 0 spiro atoms. The van der Waals surface area contributed by atoms with Crippen molar-refractivity contribution in [1.29, 1.82) is 0 Å². The van der Waals surface area contributed by atoms with E-state index in [4.69, 9.17) is 11.6 Å². The van der Waals surface area contributed by atoms with Crippen LogP contribution in [0.2, 0.25) is 5.02 Å². The Morgan fingerprint density at radius 3 is 2.54 bits per heavy atom. The molecular weight excluding hydrogens is 460 g/mol. The third-order valence-electron chi connectivity index (χ3n) is 4.33. The first kappa shape index (κ1) is 20.9. The second kappa shape index (κ2) is 9.11. The first-order valence-electron chi connectivity index (χ1n) is 8.77. The van der Waals surface area contributed by atoms with Gasteiger partial charge in [-0.2, -0.15) is 0 Å². The van der Waals surface area contributed by atoms with E-state index in [-0.39, 0.29) is 11.7 Å². The van der Waals surface area contributed by atoms with Gasteiger partial charge in [0.1, 0.15) is 0 Å². The number of anilines is 1. The lowest BCUT2D eigenvalue weighted by Crippen LogP contribution is -2.15. The molecule has 5 nitrogen and oxygen atoms in total. The average Bonchev–Trinajstić information content (AvgIpc) is 3.08. The molecule has 0 saturated carbocycles. The van der Waals surface area contributed by atoms with E-state index in [1.807, 2.05) is 61.7 Å². The maximum atomic E-state index is 12.4. The fourth-order valence-electron chi connectivity index (χ4n) is 2.69. The number of aryl methyl sites for hydroxylation is 2. The molecule has 146 valence electrons. The van der Waals surface area contributed by atoms with Crippen LogP contribution in [-0.4, -0.2) is 26.4 Å². The van der Waals surface area contributed by atoms with Gasteiger partial charge in [-0.3, -0.25) is 4.79 Å². The Labute approximate surface area is 182 Å². The number of aromatic nitrogens is 3. The lowest BCUT2D eigenvalue weighted by atomic mass is 10.1. The highest BCUT2D eigenvalue weighted by Crippen LogP contribution is 2.28. The van der Waals surface area contributed by atoms with Crippen molar-refractivity contribution >= 4 is 50.9 Å². The number of nitrogens with one attached hydrogen (secondary N) is 1. The number of benzene rings is 2. The van der Waals surface area contributed by atoms with Crippen molar-refractivity contribution < 1.29 is 4.79 Å². The van der Waals surface area contributed by atoms with E-state index in [1.54, 1.807) is 0 Å². The van der Waals surface area contributed by atoms with Gasteiger partial charge < -0.3 is 9.88 Å². The molecule has 0 saturated heterocycles. The topological polar surface area (TPSA) is 59.8 Å². The number of rotatable bonds is 6. The molecule has 2 aromatic carbocycles. The summed E-state index contributed by atoms with van der Waals surface area (Å²) in [5.41, 5.74) is 4.01. The third-order valence-corrected chi connectivity index (χ3v) is 6.20. The van der Waals surface area contributed by atoms with E-state index in [9.17, 15) is 4.79 Å². The number of hydrogen-bond acceptors (Lipinski definition) is 4. The maximum Gasteiger partial charge on any atom is 0.234 e. The number of nitrogens with zero attached hydrogens (tertiary/aromatic N) is 3. The Hall–Kier alpha value is -1.83. The first-order chi connectivity index (χ1) is 13.4. The Bertz CT molecular complexity index is 1000. The van der Waals surface area contributed by atoms with Gasteiger partial charge in [-0.15, -0.1) is 10.2 Å². The molecule has 0 unspecified atom stereocenters. The molecular formula is C20H20BrClN4OS. The van der Waals surface area contributed by atoms with Crippen LogP contribution in [0.25, 0.3) is 11.4 Å². The molecule has 0 aliphatic rings. The second-order valence-corrected chi connectivity index (χ2v) is 8.54. The lowest BCUT2D eigenvalue weighted by Gasteiger charge is -2.11. The van der Waals surface area contributed by atoms with Crippen molar-refractivity contribution in [3.8, 4) is 11.4 Å². The van der Waals surface area contributed by atoms with Crippen LogP contribution in [0.1, 0.15) is 18.1 Å². The second-order valence-electron chi connectivity index (χ2n) is 6.31. The number of hydrogen-bond donors (Lipinski definition) is 1. The third kappa shape index (κ3) is 4.77. The van der Waals surface area contributed by atoms with Gasteiger partial charge >= 0.3 is 0 Å². The number of carbonyl (C=O) groups is 1. The molecule has 0 radical (unpaired) electrons. The van der Waals surface area contributed by atoms with E-state index in [0.717, 1.165) is 27.1 Å². The van der Waals surface area contributed by atoms with Gasteiger partial charge in [-0.1, -0.05) is 23.4 Å². The van der Waals surface area contributed by atoms with E-state index < -0.39 is 0 Å². The molecule has 0 bridgehead atoms. The molecule has 8 heteroatoms. The summed E-state index contributed by atoms with van der Waals surface area (Å²) in [6, 6.07) is 11.5. The van der Waals surface area contributed by atoms with Crippen LogP contribution < -0.4 is 5.32 Å². The molecule has 1 N–H and O–H groups in total. The molecule has 28 heavy (non-hydrogen) atoms. The number of amides is 1. The monoisotopic (exact) mass is 478 g/mol. The predicted octanol–water partition coefficient (Wildman–Crippen LogP) is 5.73. The number of halogens is 2. The Kier molecular flexibility index (Phi) is 6.80. The average molecular weight is 480 g/mol. The summed E-state index contributed by atoms with van der Waals surface area (Å²) < 4.78 is 2.86. The number of carbonyl (C=O) groups excluding carboxylic acids is 1. The van der Waals surface area contributed by atoms with Gasteiger partial charge in [0.25, 0.3) is 0 Å². The molecule has 1 amide bonds. The standard InChI is InChI=1S/C20H20BrClN4OS/c1-4-26-19(14-5-7-15(22)8-6-14)24-25-20(26)28-11-18(27)23-17-10-13(3)12(2)9-16(17)21/h5-10H,4,11H2,1-3H3,(H,23,27). The molecule has 0 aliphatic carbocycles. The normalized spacial score (nSPS) is 10.9. The van der Waals surface area contributed by atoms with Gasteiger partial charge in [-0.25, -0.2) is 0 Å². The summed E-state index contributed by atoms with van der Waals surface area (Å²) in [6.45, 7) is 6.79. The SMILES string of the molecule is CCn1c(SCC(=O)Nc2cc(C)c(C)cc2Br)nnc1-c1ccc(Cl)cc1. The largest absolute Gasteiger partial charge is 0.324 e. The fourth-order valence-corrected chi connectivity index (χ4v) is 4.17. The summed E-state index contributed by atoms with van der Waals surface area (Å²) in [6.07, 6.45) is 0. The minimum absolute atomic E-state index is 0.0901. The molecule has 1 heterocycles. The van der Waals surface area contributed by atoms with Crippen LogP contribution in [0.5, 0.6) is 0 Å². The molecule has 0 fully saturated rings. The number of thioether (sulfide) groups is 1. The van der Waals surface area contributed by atoms with Crippen molar-refractivity contribution in [2.45, 2.75) is 32.5 Å². The van der Waals surface area contributed by atoms with Crippen LogP contribution in [0, 0.1) is 13.8 Å². The van der Waals surface area contributed by atoms with E-state index in [2.05, 4.69) is 31.4 Å². The lowest BCUT2D eigenvalue weighted by molar-refractivity contribution is -0.113. The van der Waals surface area contributed by atoms with Crippen LogP contribution in [0.3, 0.4) is 0 Å². The maximum absolute atomic E-state index is 12.4. The van der Waals surface area contributed by atoms with Crippen molar-refractivity contribution in [2.75, 3.05) is 11.1 Å². The summed E-state index contributed by atoms with van der Waals surface area (Å²) in [7, 11) is 0. The zero-order valence-corrected chi connectivity index (χ0v) is 19.0. The van der Waals surface area contributed by atoms with Crippen molar-refractivity contribution in [1.82, 2.24) is 14.8 Å². The van der Waals surface area contributed by atoms with E-state index in [0.29, 0.717) is 16.7 Å².